The summed E-state index contributed by atoms with van der Waals surface area (Å²) in [5.74, 6) is -3.38. The molecule has 1 aliphatic rings. The summed E-state index contributed by atoms with van der Waals surface area (Å²) >= 11 is 0. The minimum Gasteiger partial charge on any atom is -0.508 e. The lowest BCUT2D eigenvalue weighted by Gasteiger charge is -2.28. The Kier molecular flexibility index (Phi) is 7.75. The normalized spacial score (nSPS) is 24.7. The van der Waals surface area contributed by atoms with E-state index in [9.17, 15) is 24.6 Å². The summed E-state index contributed by atoms with van der Waals surface area (Å²) < 4.78 is 0. The first-order valence-electron chi connectivity index (χ1n) is 9.76. The number of aliphatic hydroxyl groups is 2. The molecule has 5 nitrogen and oxygen atoms in total. The summed E-state index contributed by atoms with van der Waals surface area (Å²) in [4.78, 5) is 38.3. The van der Waals surface area contributed by atoms with E-state index in [1.165, 1.54) is 0 Å². The van der Waals surface area contributed by atoms with Gasteiger partial charge in [0.1, 0.15) is 11.3 Å². The molecular formula is C21H34O5. The summed E-state index contributed by atoms with van der Waals surface area (Å²) in [6.07, 6.45) is 2.01. The first-order chi connectivity index (χ1) is 12.0. The largest absolute Gasteiger partial charge is 0.508 e. The molecule has 0 aromatic rings. The van der Waals surface area contributed by atoms with Crippen molar-refractivity contribution in [3.63, 3.8) is 0 Å². The van der Waals surface area contributed by atoms with E-state index in [0.717, 1.165) is 0 Å². The molecule has 148 valence electrons. The predicted octanol–water partition coefficient (Wildman–Crippen LogP) is 3.79. The summed E-state index contributed by atoms with van der Waals surface area (Å²) in [5.41, 5.74) is -2.63. The Morgan fingerprint density at radius 1 is 1.08 bits per heavy atom. The van der Waals surface area contributed by atoms with Gasteiger partial charge in [0.05, 0.1) is 5.92 Å². The van der Waals surface area contributed by atoms with E-state index in [0.29, 0.717) is 19.3 Å². The van der Waals surface area contributed by atoms with Gasteiger partial charge >= 0.3 is 0 Å². The summed E-state index contributed by atoms with van der Waals surface area (Å²) in [7, 11) is 0. The van der Waals surface area contributed by atoms with Crippen LogP contribution < -0.4 is 0 Å². The van der Waals surface area contributed by atoms with Crippen molar-refractivity contribution in [1.82, 2.24) is 0 Å². The number of hydrogen-bond donors (Lipinski definition) is 2. The van der Waals surface area contributed by atoms with Crippen LogP contribution >= 0.6 is 0 Å². The fourth-order valence-electron chi connectivity index (χ4n) is 3.28. The second-order valence-electron chi connectivity index (χ2n) is 8.41. The van der Waals surface area contributed by atoms with Crippen LogP contribution in [0.25, 0.3) is 0 Å². The molecule has 0 saturated carbocycles. The van der Waals surface area contributed by atoms with Crippen molar-refractivity contribution < 1.29 is 24.6 Å². The third-order valence-corrected chi connectivity index (χ3v) is 5.38. The van der Waals surface area contributed by atoms with Gasteiger partial charge in [-0.25, -0.2) is 0 Å². The van der Waals surface area contributed by atoms with Gasteiger partial charge in [-0.3, -0.25) is 14.4 Å². The standard InChI is InChI=1S/C21H34O5/c1-7-14(6)18(23)17-19(24)15(10-8-12(2)3)21(26,20(17)25)16(22)11-9-13(4)5/h12-15,25-26H,7-11H2,1-6H3/t14?,15-,21+/m1/s1. The van der Waals surface area contributed by atoms with Gasteiger partial charge in [0.25, 0.3) is 0 Å². The van der Waals surface area contributed by atoms with Crippen LogP contribution in [0.2, 0.25) is 0 Å². The summed E-state index contributed by atoms with van der Waals surface area (Å²) in [5, 5.41) is 21.8. The third-order valence-electron chi connectivity index (χ3n) is 5.38. The number of hydrogen-bond acceptors (Lipinski definition) is 5. The average molecular weight is 366 g/mol. The lowest BCUT2D eigenvalue weighted by molar-refractivity contribution is -0.145. The third kappa shape index (κ3) is 4.43. The number of carbonyl (C=O) groups excluding carboxylic acids is 3. The molecule has 0 saturated heterocycles. The van der Waals surface area contributed by atoms with E-state index in [-0.39, 0.29) is 30.3 Å². The molecule has 0 radical (unpaired) electrons. The lowest BCUT2D eigenvalue weighted by Crippen LogP contribution is -2.47. The first-order valence-corrected chi connectivity index (χ1v) is 9.76. The maximum atomic E-state index is 12.9. The maximum Gasteiger partial charge on any atom is 0.190 e. The molecular weight excluding hydrogens is 332 g/mol. The van der Waals surface area contributed by atoms with Gasteiger partial charge in [0.15, 0.2) is 23.0 Å². The number of aliphatic hydroxyl groups excluding tert-OH is 1. The van der Waals surface area contributed by atoms with Crippen molar-refractivity contribution in [1.29, 1.82) is 0 Å². The molecule has 0 aliphatic heterocycles. The number of Topliss-reactive ketones (excluding diaryl/α,β-unsaturated/α-hetero) is 3. The van der Waals surface area contributed by atoms with Crippen molar-refractivity contribution in [3.05, 3.63) is 11.3 Å². The monoisotopic (exact) mass is 366 g/mol. The number of rotatable bonds is 10. The number of carbonyl (C=O) groups is 3. The van der Waals surface area contributed by atoms with E-state index in [4.69, 9.17) is 0 Å². The topological polar surface area (TPSA) is 91.7 Å². The minimum absolute atomic E-state index is 0.0640. The van der Waals surface area contributed by atoms with E-state index >= 15 is 0 Å². The van der Waals surface area contributed by atoms with Crippen LogP contribution in [0.5, 0.6) is 0 Å². The molecule has 0 heterocycles. The summed E-state index contributed by atoms with van der Waals surface area (Å²) in [6, 6.07) is 0. The van der Waals surface area contributed by atoms with Gasteiger partial charge in [-0.2, -0.15) is 0 Å². The highest BCUT2D eigenvalue weighted by Gasteiger charge is 2.58. The van der Waals surface area contributed by atoms with Crippen LogP contribution in [0.1, 0.15) is 73.6 Å². The second kappa shape index (κ2) is 8.94. The van der Waals surface area contributed by atoms with Crippen LogP contribution in [-0.2, 0) is 14.4 Å². The fourth-order valence-corrected chi connectivity index (χ4v) is 3.28. The van der Waals surface area contributed by atoms with Gasteiger partial charge in [0.2, 0.25) is 0 Å². The van der Waals surface area contributed by atoms with E-state index in [2.05, 4.69) is 0 Å². The van der Waals surface area contributed by atoms with E-state index < -0.39 is 40.5 Å². The molecule has 3 atom stereocenters. The quantitative estimate of drug-likeness (QED) is 0.574. The molecule has 0 bridgehead atoms. The Morgan fingerprint density at radius 2 is 1.62 bits per heavy atom. The van der Waals surface area contributed by atoms with Crippen molar-refractivity contribution in [3.8, 4) is 0 Å². The molecule has 1 unspecified atom stereocenters. The zero-order valence-corrected chi connectivity index (χ0v) is 17.0. The molecule has 5 heteroatoms. The van der Waals surface area contributed by atoms with Gasteiger partial charge in [-0.05, 0) is 31.1 Å². The van der Waals surface area contributed by atoms with Gasteiger partial charge < -0.3 is 10.2 Å². The van der Waals surface area contributed by atoms with Gasteiger partial charge in [-0.15, -0.1) is 0 Å². The highest BCUT2D eigenvalue weighted by molar-refractivity contribution is 6.26. The highest BCUT2D eigenvalue weighted by atomic mass is 16.3. The van der Waals surface area contributed by atoms with Crippen LogP contribution in [0.4, 0.5) is 0 Å². The summed E-state index contributed by atoms with van der Waals surface area (Å²) in [6.45, 7) is 11.4. The number of ketones is 3. The Bertz CT molecular complexity index is 587. The van der Waals surface area contributed by atoms with Crippen molar-refractivity contribution in [2.75, 3.05) is 0 Å². The average Bonchev–Trinajstić information content (AvgIpc) is 2.76. The Balaban J connectivity index is 3.31. The Morgan fingerprint density at radius 3 is 2.08 bits per heavy atom. The van der Waals surface area contributed by atoms with Crippen LogP contribution in [-0.4, -0.2) is 33.2 Å². The van der Waals surface area contributed by atoms with E-state index in [1.807, 2.05) is 34.6 Å². The Hall–Kier alpha value is -1.49. The Labute approximate surface area is 156 Å². The van der Waals surface area contributed by atoms with Gasteiger partial charge in [-0.1, -0.05) is 48.0 Å². The lowest BCUT2D eigenvalue weighted by atomic mass is 9.79. The SMILES string of the molecule is CCC(C)C(=O)C1=C(O)[C@@](O)(C(=O)CCC(C)C)[C@H](CCC(C)C)C1=O. The smallest absolute Gasteiger partial charge is 0.190 e. The van der Waals surface area contributed by atoms with Crippen LogP contribution in [0.3, 0.4) is 0 Å². The zero-order valence-electron chi connectivity index (χ0n) is 17.0. The predicted molar refractivity (Wildman–Crippen MR) is 101 cm³/mol. The van der Waals surface area contributed by atoms with E-state index in [1.54, 1.807) is 6.92 Å². The molecule has 26 heavy (non-hydrogen) atoms. The molecule has 0 fully saturated rings. The molecule has 1 rings (SSSR count). The van der Waals surface area contributed by atoms with Crippen LogP contribution in [0, 0.1) is 23.7 Å². The maximum absolute atomic E-state index is 12.9. The van der Waals surface area contributed by atoms with Crippen molar-refractivity contribution in [2.24, 2.45) is 23.7 Å². The molecule has 0 aromatic heterocycles. The first kappa shape index (κ1) is 22.6. The van der Waals surface area contributed by atoms with Crippen molar-refractivity contribution >= 4 is 17.3 Å². The fraction of sp³-hybridized carbons (Fsp3) is 0.762. The molecule has 2 N–H and O–H groups in total. The molecule has 1 aliphatic carbocycles. The second-order valence-corrected chi connectivity index (χ2v) is 8.41. The highest BCUT2D eigenvalue weighted by Crippen LogP contribution is 2.42. The minimum atomic E-state index is -2.26. The molecule has 0 aromatic carbocycles. The van der Waals surface area contributed by atoms with Crippen molar-refractivity contribution in [2.45, 2.75) is 79.2 Å². The molecule has 0 amide bonds. The zero-order chi connectivity index (χ0) is 20.2. The number of allylic oxidation sites excluding steroid dienone is 1. The van der Waals surface area contributed by atoms with Crippen LogP contribution in [0.15, 0.2) is 11.3 Å². The molecule has 0 spiro atoms. The van der Waals surface area contributed by atoms with Gasteiger partial charge in [0, 0.05) is 12.3 Å².